The molecule has 2 rings (SSSR count). The molecule has 1 unspecified atom stereocenters. The Morgan fingerprint density at radius 1 is 1.37 bits per heavy atom. The van der Waals surface area contributed by atoms with Crippen LogP contribution in [0.25, 0.3) is 0 Å². The van der Waals surface area contributed by atoms with Crippen molar-refractivity contribution in [2.24, 2.45) is 0 Å². The van der Waals surface area contributed by atoms with Gasteiger partial charge in [0.2, 0.25) is 0 Å². The van der Waals surface area contributed by atoms with E-state index in [1.54, 1.807) is 0 Å². The summed E-state index contributed by atoms with van der Waals surface area (Å²) in [5.74, 6) is 1.20. The Labute approximate surface area is 119 Å². The molecule has 0 radical (unpaired) electrons. The van der Waals surface area contributed by atoms with E-state index in [0.29, 0.717) is 6.04 Å². The van der Waals surface area contributed by atoms with Gasteiger partial charge in [-0.1, -0.05) is 19.9 Å². The van der Waals surface area contributed by atoms with Crippen LogP contribution in [0.3, 0.4) is 0 Å². The molecule has 0 saturated heterocycles. The van der Waals surface area contributed by atoms with Crippen molar-refractivity contribution in [1.29, 1.82) is 0 Å². The molecule has 0 bridgehead atoms. The molecule has 19 heavy (non-hydrogen) atoms. The van der Waals surface area contributed by atoms with E-state index in [1.807, 2.05) is 17.5 Å². The van der Waals surface area contributed by atoms with Gasteiger partial charge in [-0.25, -0.2) is 4.98 Å². The molecule has 0 spiro atoms. The number of nitrogens with zero attached hydrogens (tertiary/aromatic N) is 2. The highest BCUT2D eigenvalue weighted by atomic mass is 32.1. The van der Waals surface area contributed by atoms with E-state index in [0.717, 1.165) is 32.4 Å². The number of aromatic nitrogens is 2. The number of hydrogen-bond acceptors (Lipinski definition) is 3. The monoisotopic (exact) mass is 277 g/mol. The molecule has 0 amide bonds. The highest BCUT2D eigenvalue weighted by molar-refractivity contribution is 7.09. The van der Waals surface area contributed by atoms with Crippen molar-refractivity contribution in [2.45, 2.75) is 45.7 Å². The maximum absolute atomic E-state index is 4.51. The quantitative estimate of drug-likeness (QED) is 0.803. The third-order valence-corrected chi connectivity index (χ3v) is 4.11. The second-order valence-electron chi connectivity index (χ2n) is 4.78. The standard InChI is InChI=1S/C15H23N3S/c1-3-8-18-9-7-17-15(18)12-13(16-4-2)11-14-6-5-10-19-14/h5-7,9-10,13,16H,3-4,8,11-12H2,1-2H3. The van der Waals surface area contributed by atoms with Gasteiger partial charge in [-0.15, -0.1) is 11.3 Å². The van der Waals surface area contributed by atoms with Crippen molar-refractivity contribution < 1.29 is 0 Å². The molecular formula is C15H23N3S. The first kappa shape index (κ1) is 14.3. The van der Waals surface area contributed by atoms with E-state index >= 15 is 0 Å². The minimum Gasteiger partial charge on any atom is -0.335 e. The molecule has 2 heterocycles. The predicted octanol–water partition coefficient (Wildman–Crippen LogP) is 3.12. The molecule has 3 nitrogen and oxygen atoms in total. The van der Waals surface area contributed by atoms with Crippen molar-refractivity contribution in [2.75, 3.05) is 6.54 Å². The Morgan fingerprint density at radius 3 is 2.95 bits per heavy atom. The van der Waals surface area contributed by atoms with E-state index in [9.17, 15) is 0 Å². The van der Waals surface area contributed by atoms with Gasteiger partial charge in [-0.2, -0.15) is 0 Å². The van der Waals surface area contributed by atoms with Gasteiger partial charge < -0.3 is 9.88 Å². The van der Waals surface area contributed by atoms with Crippen molar-refractivity contribution in [3.63, 3.8) is 0 Å². The summed E-state index contributed by atoms with van der Waals surface area (Å²) in [6.45, 7) is 6.44. The van der Waals surface area contributed by atoms with Crippen LogP contribution in [-0.2, 0) is 19.4 Å². The molecule has 0 saturated carbocycles. The van der Waals surface area contributed by atoms with E-state index in [-0.39, 0.29) is 0 Å². The molecule has 4 heteroatoms. The Hall–Kier alpha value is -1.13. The summed E-state index contributed by atoms with van der Waals surface area (Å²) in [7, 11) is 0. The summed E-state index contributed by atoms with van der Waals surface area (Å²) in [6, 6.07) is 4.82. The number of hydrogen-bond donors (Lipinski definition) is 1. The molecule has 104 valence electrons. The SMILES string of the molecule is CCCn1ccnc1CC(Cc1cccs1)NCC. The van der Waals surface area contributed by atoms with Crippen LogP contribution in [0, 0.1) is 0 Å². The summed E-state index contributed by atoms with van der Waals surface area (Å²) in [5, 5.41) is 5.73. The summed E-state index contributed by atoms with van der Waals surface area (Å²) < 4.78 is 2.28. The van der Waals surface area contributed by atoms with Crippen LogP contribution in [0.15, 0.2) is 29.9 Å². The van der Waals surface area contributed by atoms with Crippen LogP contribution in [-0.4, -0.2) is 22.1 Å². The predicted molar refractivity (Wildman–Crippen MR) is 81.7 cm³/mol. The van der Waals surface area contributed by atoms with Gasteiger partial charge >= 0.3 is 0 Å². The lowest BCUT2D eigenvalue weighted by Gasteiger charge is -2.17. The molecule has 2 aromatic heterocycles. The molecule has 1 atom stereocenters. The zero-order valence-corrected chi connectivity index (χ0v) is 12.6. The van der Waals surface area contributed by atoms with Crippen LogP contribution < -0.4 is 5.32 Å². The average molecular weight is 277 g/mol. The van der Waals surface area contributed by atoms with E-state index in [4.69, 9.17) is 0 Å². The number of nitrogens with one attached hydrogen (secondary N) is 1. The largest absolute Gasteiger partial charge is 0.335 e. The lowest BCUT2D eigenvalue weighted by Crippen LogP contribution is -2.33. The Balaban J connectivity index is 2.01. The summed E-state index contributed by atoms with van der Waals surface area (Å²) in [4.78, 5) is 5.96. The van der Waals surface area contributed by atoms with E-state index in [2.05, 4.69) is 52.4 Å². The second kappa shape index (κ2) is 7.46. The van der Waals surface area contributed by atoms with Crippen molar-refractivity contribution in [1.82, 2.24) is 14.9 Å². The minimum atomic E-state index is 0.474. The van der Waals surface area contributed by atoms with Gasteiger partial charge in [0, 0.05) is 36.3 Å². The molecule has 0 aliphatic carbocycles. The zero-order chi connectivity index (χ0) is 13.5. The number of imidazole rings is 1. The molecule has 1 N–H and O–H groups in total. The summed E-state index contributed by atoms with van der Waals surface area (Å²) in [6.07, 6.45) is 7.25. The van der Waals surface area contributed by atoms with Crippen LogP contribution in [0.2, 0.25) is 0 Å². The Kier molecular flexibility index (Phi) is 5.61. The minimum absolute atomic E-state index is 0.474. The van der Waals surface area contributed by atoms with Crippen LogP contribution >= 0.6 is 11.3 Å². The fraction of sp³-hybridized carbons (Fsp3) is 0.533. The topological polar surface area (TPSA) is 29.9 Å². The highest BCUT2D eigenvalue weighted by Crippen LogP contribution is 2.13. The lowest BCUT2D eigenvalue weighted by molar-refractivity contribution is 0.497. The molecule has 0 fully saturated rings. The Morgan fingerprint density at radius 2 is 2.26 bits per heavy atom. The van der Waals surface area contributed by atoms with E-state index < -0.39 is 0 Å². The molecule has 0 aliphatic heterocycles. The van der Waals surface area contributed by atoms with Crippen LogP contribution in [0.4, 0.5) is 0 Å². The first-order valence-corrected chi connectivity index (χ1v) is 7.97. The number of thiophene rings is 1. The van der Waals surface area contributed by atoms with Crippen molar-refractivity contribution in [3.05, 3.63) is 40.6 Å². The maximum atomic E-state index is 4.51. The zero-order valence-electron chi connectivity index (χ0n) is 11.8. The fourth-order valence-corrected chi connectivity index (χ4v) is 3.16. The average Bonchev–Trinajstić information content (AvgIpc) is 3.03. The summed E-state index contributed by atoms with van der Waals surface area (Å²) in [5.41, 5.74) is 0. The normalized spacial score (nSPS) is 12.7. The van der Waals surface area contributed by atoms with Crippen molar-refractivity contribution in [3.8, 4) is 0 Å². The summed E-state index contributed by atoms with van der Waals surface area (Å²) >= 11 is 1.84. The van der Waals surface area contributed by atoms with Crippen molar-refractivity contribution >= 4 is 11.3 Å². The van der Waals surface area contributed by atoms with Gasteiger partial charge in [-0.05, 0) is 30.8 Å². The Bertz CT molecular complexity index is 461. The van der Waals surface area contributed by atoms with Crippen LogP contribution in [0.1, 0.15) is 31.0 Å². The van der Waals surface area contributed by atoms with Gasteiger partial charge in [0.1, 0.15) is 5.82 Å². The van der Waals surface area contributed by atoms with Gasteiger partial charge in [-0.3, -0.25) is 0 Å². The first-order valence-electron chi connectivity index (χ1n) is 7.09. The first-order chi connectivity index (χ1) is 9.33. The van der Waals surface area contributed by atoms with Gasteiger partial charge in [0.15, 0.2) is 0 Å². The van der Waals surface area contributed by atoms with Gasteiger partial charge in [0.05, 0.1) is 0 Å². The number of rotatable bonds is 8. The van der Waals surface area contributed by atoms with Gasteiger partial charge in [0.25, 0.3) is 0 Å². The fourth-order valence-electron chi connectivity index (χ4n) is 2.37. The highest BCUT2D eigenvalue weighted by Gasteiger charge is 2.13. The van der Waals surface area contributed by atoms with E-state index in [1.165, 1.54) is 10.7 Å². The maximum Gasteiger partial charge on any atom is 0.110 e. The number of likely N-dealkylation sites (N-methyl/N-ethyl adjacent to an activating group) is 1. The molecular weight excluding hydrogens is 254 g/mol. The third kappa shape index (κ3) is 4.18. The smallest absolute Gasteiger partial charge is 0.110 e. The third-order valence-electron chi connectivity index (χ3n) is 3.22. The molecule has 0 aromatic carbocycles. The number of aryl methyl sites for hydroxylation is 1. The second-order valence-corrected chi connectivity index (χ2v) is 5.81. The molecule has 0 aliphatic rings. The lowest BCUT2D eigenvalue weighted by atomic mass is 10.1. The van der Waals surface area contributed by atoms with Crippen LogP contribution in [0.5, 0.6) is 0 Å². The molecule has 2 aromatic rings.